The van der Waals surface area contributed by atoms with E-state index in [9.17, 15) is 4.39 Å². The largest absolute Gasteiger partial charge is 0.494 e. The second-order valence-corrected chi connectivity index (χ2v) is 4.34. The Morgan fingerprint density at radius 1 is 1.05 bits per heavy atom. The molecule has 0 bridgehead atoms. The summed E-state index contributed by atoms with van der Waals surface area (Å²) in [5, 5.41) is 0. The van der Waals surface area contributed by atoms with E-state index in [1.807, 2.05) is 22.9 Å². The Balaban J connectivity index is 1.83. The molecule has 5 heteroatoms. The Labute approximate surface area is 121 Å². The van der Waals surface area contributed by atoms with E-state index in [0.29, 0.717) is 5.75 Å². The van der Waals surface area contributed by atoms with Crippen molar-refractivity contribution in [3.8, 4) is 22.9 Å². The van der Waals surface area contributed by atoms with Crippen LogP contribution in [0.1, 0.15) is 0 Å². The molecule has 1 heterocycles. The number of benzene rings is 2. The molecule has 0 aliphatic heterocycles. The maximum Gasteiger partial charge on any atom is 0.207 e. The molecule has 0 N–H and O–H groups in total. The van der Waals surface area contributed by atoms with Crippen LogP contribution in [0.25, 0.3) is 5.69 Å². The van der Waals surface area contributed by atoms with Gasteiger partial charge < -0.3 is 14.0 Å². The lowest BCUT2D eigenvalue weighted by Crippen LogP contribution is -1.93. The summed E-state index contributed by atoms with van der Waals surface area (Å²) in [4.78, 5) is 3.99. The number of imidazole rings is 1. The maximum atomic E-state index is 14.0. The average Bonchev–Trinajstić information content (AvgIpc) is 3.04. The maximum absolute atomic E-state index is 14.0. The molecule has 3 rings (SSSR count). The Bertz CT molecular complexity index is 725. The highest BCUT2D eigenvalue weighted by Crippen LogP contribution is 2.30. The molecule has 0 atom stereocenters. The number of rotatable bonds is 4. The van der Waals surface area contributed by atoms with E-state index in [4.69, 9.17) is 9.47 Å². The van der Waals surface area contributed by atoms with Crippen LogP contribution in [-0.4, -0.2) is 16.7 Å². The van der Waals surface area contributed by atoms with Gasteiger partial charge in [0.2, 0.25) is 5.82 Å². The summed E-state index contributed by atoms with van der Waals surface area (Å²) in [6, 6.07) is 12.1. The van der Waals surface area contributed by atoms with Gasteiger partial charge in [-0.25, -0.2) is 4.98 Å². The average molecular weight is 284 g/mol. The van der Waals surface area contributed by atoms with Crippen LogP contribution in [0.5, 0.6) is 17.2 Å². The Morgan fingerprint density at radius 3 is 2.48 bits per heavy atom. The van der Waals surface area contributed by atoms with Crippen LogP contribution >= 0.6 is 0 Å². The fourth-order valence-electron chi connectivity index (χ4n) is 1.95. The van der Waals surface area contributed by atoms with Crippen molar-refractivity contribution in [3.05, 3.63) is 67.0 Å². The quantitative estimate of drug-likeness (QED) is 0.731. The highest BCUT2D eigenvalue weighted by Gasteiger charge is 2.10. The van der Waals surface area contributed by atoms with E-state index in [2.05, 4.69) is 4.98 Å². The molecule has 2 aromatic carbocycles. The van der Waals surface area contributed by atoms with Crippen molar-refractivity contribution in [2.75, 3.05) is 7.11 Å². The lowest BCUT2D eigenvalue weighted by Gasteiger charge is -2.10. The first-order valence-electron chi connectivity index (χ1n) is 6.36. The second kappa shape index (κ2) is 5.66. The second-order valence-electron chi connectivity index (χ2n) is 4.34. The van der Waals surface area contributed by atoms with Crippen molar-refractivity contribution in [1.82, 2.24) is 9.55 Å². The molecular weight excluding hydrogens is 271 g/mol. The van der Waals surface area contributed by atoms with Gasteiger partial charge in [-0.15, -0.1) is 0 Å². The molecule has 1 aromatic heterocycles. The number of methoxy groups -OCH3 is 1. The van der Waals surface area contributed by atoms with E-state index in [-0.39, 0.29) is 11.5 Å². The lowest BCUT2D eigenvalue weighted by atomic mass is 10.3. The first kappa shape index (κ1) is 13.2. The minimum absolute atomic E-state index is 0.129. The summed E-state index contributed by atoms with van der Waals surface area (Å²) in [6.45, 7) is 0. The van der Waals surface area contributed by atoms with Gasteiger partial charge in [0.25, 0.3) is 0 Å². The molecule has 0 fully saturated rings. The highest BCUT2D eigenvalue weighted by atomic mass is 19.1. The van der Waals surface area contributed by atoms with Crippen molar-refractivity contribution in [3.63, 3.8) is 0 Å². The van der Waals surface area contributed by atoms with Gasteiger partial charge in [0.05, 0.1) is 13.4 Å². The third kappa shape index (κ3) is 2.72. The van der Waals surface area contributed by atoms with Crippen LogP contribution in [0.15, 0.2) is 61.2 Å². The number of hydrogen-bond acceptors (Lipinski definition) is 3. The van der Waals surface area contributed by atoms with Gasteiger partial charge in [0.1, 0.15) is 5.75 Å². The zero-order valence-corrected chi connectivity index (χ0v) is 11.4. The predicted octanol–water partition coefficient (Wildman–Crippen LogP) is 3.81. The van der Waals surface area contributed by atoms with Crippen molar-refractivity contribution in [2.24, 2.45) is 0 Å². The molecule has 3 aromatic rings. The van der Waals surface area contributed by atoms with E-state index in [1.165, 1.54) is 7.11 Å². The van der Waals surface area contributed by atoms with Crippen LogP contribution in [0.3, 0.4) is 0 Å². The number of nitrogens with zero attached hydrogens (tertiary/aromatic N) is 2. The molecule has 0 saturated carbocycles. The smallest absolute Gasteiger partial charge is 0.207 e. The fourth-order valence-corrected chi connectivity index (χ4v) is 1.95. The molecule has 0 unspecified atom stereocenters. The first-order valence-corrected chi connectivity index (χ1v) is 6.36. The number of aromatic nitrogens is 2. The molecular formula is C16H13FN2O2. The monoisotopic (exact) mass is 284 g/mol. The van der Waals surface area contributed by atoms with Gasteiger partial charge in [-0.2, -0.15) is 4.39 Å². The number of hydrogen-bond donors (Lipinski definition) is 0. The van der Waals surface area contributed by atoms with Gasteiger partial charge in [0.15, 0.2) is 11.5 Å². The summed E-state index contributed by atoms with van der Waals surface area (Å²) >= 11 is 0. The first-order chi connectivity index (χ1) is 10.3. The lowest BCUT2D eigenvalue weighted by molar-refractivity contribution is 0.368. The van der Waals surface area contributed by atoms with Crippen LogP contribution in [0, 0.1) is 5.82 Å². The predicted molar refractivity (Wildman–Crippen MR) is 76.6 cm³/mol. The molecule has 106 valence electrons. The van der Waals surface area contributed by atoms with Crippen molar-refractivity contribution < 1.29 is 13.9 Å². The Morgan fingerprint density at radius 2 is 1.81 bits per heavy atom. The summed E-state index contributed by atoms with van der Waals surface area (Å²) < 4.78 is 26.3. The van der Waals surface area contributed by atoms with E-state index in [1.54, 1.807) is 42.9 Å². The summed E-state index contributed by atoms with van der Waals surface area (Å²) in [5.41, 5.74) is 0.950. The van der Waals surface area contributed by atoms with E-state index < -0.39 is 5.82 Å². The fraction of sp³-hybridized carbons (Fsp3) is 0.0625. The standard InChI is InChI=1S/C16H13FN2O2/c1-20-14-3-2-4-15(16(14)17)21-13-7-5-12(6-8-13)19-10-9-18-11-19/h2-11H,1H3. The Hall–Kier alpha value is -2.82. The van der Waals surface area contributed by atoms with Crippen molar-refractivity contribution in [2.45, 2.75) is 0 Å². The highest BCUT2D eigenvalue weighted by molar-refractivity contribution is 5.42. The molecule has 0 saturated heterocycles. The van der Waals surface area contributed by atoms with E-state index >= 15 is 0 Å². The number of ether oxygens (including phenoxy) is 2. The summed E-state index contributed by atoms with van der Waals surface area (Å²) in [5.74, 6) is 0.317. The van der Waals surface area contributed by atoms with Gasteiger partial charge in [0, 0.05) is 18.1 Å². The summed E-state index contributed by atoms with van der Waals surface area (Å²) in [7, 11) is 1.42. The molecule has 0 amide bonds. The van der Waals surface area contributed by atoms with Crippen molar-refractivity contribution in [1.29, 1.82) is 0 Å². The number of halogens is 1. The van der Waals surface area contributed by atoms with Gasteiger partial charge in [-0.3, -0.25) is 0 Å². The summed E-state index contributed by atoms with van der Waals surface area (Å²) in [6.07, 6.45) is 5.26. The van der Waals surface area contributed by atoms with Gasteiger partial charge in [-0.05, 0) is 36.4 Å². The molecule has 0 aliphatic rings. The normalized spacial score (nSPS) is 10.4. The van der Waals surface area contributed by atoms with Gasteiger partial charge >= 0.3 is 0 Å². The molecule has 4 nitrogen and oxygen atoms in total. The Kier molecular flexibility index (Phi) is 3.55. The SMILES string of the molecule is COc1cccc(Oc2ccc(-n3ccnc3)cc2)c1F. The van der Waals surface area contributed by atoms with Crippen molar-refractivity contribution >= 4 is 0 Å². The van der Waals surface area contributed by atoms with Crippen LogP contribution in [0.4, 0.5) is 4.39 Å². The van der Waals surface area contributed by atoms with E-state index in [0.717, 1.165) is 5.69 Å². The third-order valence-corrected chi connectivity index (χ3v) is 3.01. The molecule has 0 aliphatic carbocycles. The van der Waals surface area contributed by atoms with Crippen LogP contribution in [0.2, 0.25) is 0 Å². The molecule has 0 radical (unpaired) electrons. The zero-order valence-electron chi connectivity index (χ0n) is 11.4. The minimum atomic E-state index is -0.515. The topological polar surface area (TPSA) is 36.3 Å². The molecule has 21 heavy (non-hydrogen) atoms. The molecule has 0 spiro atoms. The van der Waals surface area contributed by atoms with Gasteiger partial charge in [-0.1, -0.05) is 6.07 Å². The van der Waals surface area contributed by atoms with Crippen LogP contribution < -0.4 is 9.47 Å². The van der Waals surface area contributed by atoms with Crippen LogP contribution in [-0.2, 0) is 0 Å². The third-order valence-electron chi connectivity index (χ3n) is 3.01. The minimum Gasteiger partial charge on any atom is -0.494 e. The zero-order chi connectivity index (χ0) is 14.7.